The summed E-state index contributed by atoms with van der Waals surface area (Å²) in [7, 11) is 0. The first-order valence-electron chi connectivity index (χ1n) is 6.37. The van der Waals surface area contributed by atoms with Gasteiger partial charge in [0.15, 0.2) is 0 Å². The fourth-order valence-corrected chi connectivity index (χ4v) is 1.92. The molecule has 4 nitrogen and oxygen atoms in total. The number of rotatable bonds is 4. The number of anilines is 1. The normalized spacial score (nSPS) is 10.6. The maximum Gasteiger partial charge on any atom is 0.131 e. The van der Waals surface area contributed by atoms with Crippen LogP contribution in [0.5, 0.6) is 0 Å². The summed E-state index contributed by atoms with van der Waals surface area (Å²) in [6, 6.07) is 10.9. The molecule has 1 heterocycles. The molecule has 0 aliphatic carbocycles. The van der Waals surface area contributed by atoms with Gasteiger partial charge in [-0.05, 0) is 30.3 Å². The van der Waals surface area contributed by atoms with Crippen LogP contribution in [0.1, 0.15) is 5.56 Å². The molecular formula is C15H12F2N4. The molecule has 0 spiro atoms. The zero-order chi connectivity index (χ0) is 14.7. The quantitative estimate of drug-likeness (QED) is 0.801. The average molecular weight is 286 g/mol. The van der Waals surface area contributed by atoms with Crippen LogP contribution in [-0.4, -0.2) is 15.0 Å². The van der Waals surface area contributed by atoms with Crippen molar-refractivity contribution in [2.75, 3.05) is 5.32 Å². The highest BCUT2D eigenvalue weighted by molar-refractivity contribution is 5.48. The Morgan fingerprint density at radius 3 is 2.33 bits per heavy atom. The summed E-state index contributed by atoms with van der Waals surface area (Å²) < 4.78 is 26.3. The Balaban J connectivity index is 1.68. The van der Waals surface area contributed by atoms with Gasteiger partial charge in [-0.2, -0.15) is 15.0 Å². The second kappa shape index (κ2) is 5.70. The van der Waals surface area contributed by atoms with E-state index in [1.807, 2.05) is 24.3 Å². The third-order valence-corrected chi connectivity index (χ3v) is 3.02. The monoisotopic (exact) mass is 286 g/mol. The Bertz CT molecular complexity index is 724. The van der Waals surface area contributed by atoms with E-state index in [4.69, 9.17) is 0 Å². The van der Waals surface area contributed by atoms with E-state index in [9.17, 15) is 8.78 Å². The van der Waals surface area contributed by atoms with Crippen molar-refractivity contribution < 1.29 is 8.78 Å². The molecule has 0 radical (unpaired) electrons. The van der Waals surface area contributed by atoms with Gasteiger partial charge in [0, 0.05) is 23.9 Å². The minimum Gasteiger partial charge on any atom is -0.381 e. The van der Waals surface area contributed by atoms with E-state index >= 15 is 0 Å². The van der Waals surface area contributed by atoms with Gasteiger partial charge in [0.25, 0.3) is 0 Å². The fraction of sp³-hybridized carbons (Fsp3) is 0.0667. The minimum atomic E-state index is -0.577. The van der Waals surface area contributed by atoms with Crippen LogP contribution in [0.3, 0.4) is 0 Å². The molecule has 6 heteroatoms. The lowest BCUT2D eigenvalue weighted by Crippen LogP contribution is -2.03. The predicted molar refractivity (Wildman–Crippen MR) is 75.0 cm³/mol. The molecule has 0 bridgehead atoms. The number of nitrogens with one attached hydrogen (secondary N) is 1. The maximum absolute atomic E-state index is 13.5. The Kier molecular flexibility index (Phi) is 3.59. The van der Waals surface area contributed by atoms with E-state index in [2.05, 4.69) is 15.5 Å². The molecule has 3 rings (SSSR count). The Morgan fingerprint density at radius 1 is 0.952 bits per heavy atom. The highest BCUT2D eigenvalue weighted by Crippen LogP contribution is 2.15. The molecule has 1 aromatic heterocycles. The Labute approximate surface area is 120 Å². The van der Waals surface area contributed by atoms with Crippen LogP contribution in [0, 0.1) is 11.6 Å². The van der Waals surface area contributed by atoms with Gasteiger partial charge in [0.1, 0.15) is 11.6 Å². The molecule has 21 heavy (non-hydrogen) atoms. The number of halogens is 2. The summed E-state index contributed by atoms with van der Waals surface area (Å²) in [5, 5.41) is 11.1. The van der Waals surface area contributed by atoms with Gasteiger partial charge >= 0.3 is 0 Å². The summed E-state index contributed by atoms with van der Waals surface area (Å²) >= 11 is 0. The smallest absolute Gasteiger partial charge is 0.131 e. The minimum absolute atomic E-state index is 0.283. The number of aromatic nitrogens is 3. The summed E-state index contributed by atoms with van der Waals surface area (Å²) in [6.07, 6.45) is 3.20. The first-order valence-corrected chi connectivity index (χ1v) is 6.37. The van der Waals surface area contributed by atoms with Gasteiger partial charge in [-0.1, -0.05) is 6.07 Å². The molecule has 3 aromatic rings. The van der Waals surface area contributed by atoms with Crippen LogP contribution >= 0.6 is 0 Å². The van der Waals surface area contributed by atoms with Crippen molar-refractivity contribution >= 4 is 5.69 Å². The number of nitrogens with zero attached hydrogens (tertiary/aromatic N) is 3. The third kappa shape index (κ3) is 3.05. The third-order valence-electron chi connectivity index (χ3n) is 3.02. The molecule has 0 unspecified atom stereocenters. The van der Waals surface area contributed by atoms with Crippen molar-refractivity contribution in [1.29, 1.82) is 0 Å². The molecule has 0 saturated carbocycles. The van der Waals surface area contributed by atoms with Crippen LogP contribution in [-0.2, 0) is 6.54 Å². The fourth-order valence-electron chi connectivity index (χ4n) is 1.92. The molecule has 2 aromatic carbocycles. The van der Waals surface area contributed by atoms with Gasteiger partial charge in [0.05, 0.1) is 18.1 Å². The molecule has 0 amide bonds. The van der Waals surface area contributed by atoms with Gasteiger partial charge in [-0.3, -0.25) is 0 Å². The summed E-state index contributed by atoms with van der Waals surface area (Å²) in [6.45, 7) is 0.283. The predicted octanol–water partition coefficient (Wildman–Crippen LogP) is 3.16. The average Bonchev–Trinajstić information content (AvgIpc) is 3.01. The molecule has 0 aliphatic rings. The lowest BCUT2D eigenvalue weighted by molar-refractivity contribution is 0.574. The summed E-state index contributed by atoms with van der Waals surface area (Å²) in [5.74, 6) is -1.13. The van der Waals surface area contributed by atoms with E-state index in [0.717, 1.165) is 17.4 Å². The van der Waals surface area contributed by atoms with Crippen LogP contribution in [0.2, 0.25) is 0 Å². The molecular weight excluding hydrogens is 274 g/mol. The number of benzene rings is 2. The van der Waals surface area contributed by atoms with E-state index < -0.39 is 11.6 Å². The zero-order valence-electron chi connectivity index (χ0n) is 11.0. The largest absolute Gasteiger partial charge is 0.381 e. The van der Waals surface area contributed by atoms with Crippen molar-refractivity contribution in [2.45, 2.75) is 6.54 Å². The molecule has 0 aliphatic heterocycles. The highest BCUT2D eigenvalue weighted by Gasteiger charge is 2.04. The van der Waals surface area contributed by atoms with Crippen molar-refractivity contribution in [1.82, 2.24) is 15.0 Å². The Morgan fingerprint density at radius 2 is 1.67 bits per heavy atom. The van der Waals surface area contributed by atoms with Gasteiger partial charge in [-0.15, -0.1) is 0 Å². The first kappa shape index (κ1) is 13.2. The molecule has 0 atom stereocenters. The van der Waals surface area contributed by atoms with Gasteiger partial charge in [0.2, 0.25) is 0 Å². The zero-order valence-corrected chi connectivity index (χ0v) is 11.0. The number of hydrogen-bond acceptors (Lipinski definition) is 3. The second-order valence-electron chi connectivity index (χ2n) is 4.45. The lowest BCUT2D eigenvalue weighted by atomic mass is 10.2. The standard InChI is InChI=1S/C15H12F2N4/c16-12-2-1-11(15(17)9-12)10-18-13-3-5-14(6-4-13)21-19-7-8-20-21/h1-9,18H,10H2. The van der Waals surface area contributed by atoms with E-state index in [-0.39, 0.29) is 6.54 Å². The molecule has 0 saturated heterocycles. The summed E-state index contributed by atoms with van der Waals surface area (Å²) in [5.41, 5.74) is 2.07. The van der Waals surface area contributed by atoms with Crippen LogP contribution in [0.4, 0.5) is 14.5 Å². The van der Waals surface area contributed by atoms with Gasteiger partial charge < -0.3 is 5.32 Å². The Hall–Kier alpha value is -2.76. The van der Waals surface area contributed by atoms with E-state index in [1.54, 1.807) is 12.4 Å². The maximum atomic E-state index is 13.5. The van der Waals surface area contributed by atoms with Crippen LogP contribution in [0.15, 0.2) is 54.9 Å². The molecule has 106 valence electrons. The molecule has 0 fully saturated rings. The SMILES string of the molecule is Fc1ccc(CNc2ccc(-n3nccn3)cc2)c(F)c1. The van der Waals surface area contributed by atoms with Crippen LogP contribution in [0.25, 0.3) is 5.69 Å². The van der Waals surface area contributed by atoms with Crippen LogP contribution < -0.4 is 5.32 Å². The van der Waals surface area contributed by atoms with Crippen molar-refractivity contribution in [2.24, 2.45) is 0 Å². The lowest BCUT2D eigenvalue weighted by Gasteiger charge is -2.08. The van der Waals surface area contributed by atoms with E-state index in [1.165, 1.54) is 16.9 Å². The highest BCUT2D eigenvalue weighted by atomic mass is 19.1. The second-order valence-corrected chi connectivity index (χ2v) is 4.45. The summed E-state index contributed by atoms with van der Waals surface area (Å²) in [4.78, 5) is 1.50. The van der Waals surface area contributed by atoms with Crippen molar-refractivity contribution in [3.8, 4) is 5.69 Å². The number of hydrogen-bond donors (Lipinski definition) is 1. The van der Waals surface area contributed by atoms with E-state index in [0.29, 0.717) is 5.56 Å². The van der Waals surface area contributed by atoms with Crippen molar-refractivity contribution in [3.63, 3.8) is 0 Å². The first-order chi connectivity index (χ1) is 10.2. The topological polar surface area (TPSA) is 42.7 Å². The molecule has 1 N–H and O–H groups in total. The van der Waals surface area contributed by atoms with Crippen molar-refractivity contribution in [3.05, 3.63) is 72.1 Å². The van der Waals surface area contributed by atoms with Gasteiger partial charge in [-0.25, -0.2) is 8.78 Å².